The number of amides is 1. The summed E-state index contributed by atoms with van der Waals surface area (Å²) in [7, 11) is 0. The largest absolute Gasteiger partial charge is 0.484 e. The van der Waals surface area contributed by atoms with Gasteiger partial charge in [0, 0.05) is 34.8 Å². The fourth-order valence-corrected chi connectivity index (χ4v) is 3.51. The first-order valence-electron chi connectivity index (χ1n) is 8.73. The number of benzene rings is 2. The Morgan fingerprint density at radius 1 is 1.11 bits per heavy atom. The predicted molar refractivity (Wildman–Crippen MR) is 108 cm³/mol. The Kier molecular flexibility index (Phi) is 7.25. The van der Waals surface area contributed by atoms with Crippen LogP contribution in [0.25, 0.3) is 0 Å². The molecule has 1 heterocycles. The Morgan fingerprint density at radius 2 is 1.85 bits per heavy atom. The molecular weight excluding hydrogens is 409 g/mol. The molecule has 1 atom stereocenters. The molecule has 1 aliphatic rings. The van der Waals surface area contributed by atoms with Gasteiger partial charge in [0.2, 0.25) is 0 Å². The third-order valence-electron chi connectivity index (χ3n) is 4.35. The molecule has 0 spiro atoms. The molecule has 7 heteroatoms. The lowest BCUT2D eigenvalue weighted by molar-refractivity contribution is -0.135. The zero-order valence-corrected chi connectivity index (χ0v) is 16.9. The van der Waals surface area contributed by atoms with Gasteiger partial charge < -0.3 is 14.4 Å². The van der Waals surface area contributed by atoms with E-state index in [-0.39, 0.29) is 18.6 Å². The van der Waals surface area contributed by atoms with Crippen LogP contribution in [0, 0.1) is 0 Å². The van der Waals surface area contributed by atoms with Gasteiger partial charge >= 0.3 is 0 Å². The SMILES string of the molecule is O=C(COc1ccc(Cl)cc1)N(Cc1ccc(Cl)cc1Cl)C[C@H]1CCCO1. The quantitative estimate of drug-likeness (QED) is 0.606. The maximum Gasteiger partial charge on any atom is 0.260 e. The van der Waals surface area contributed by atoms with Crippen molar-refractivity contribution in [2.24, 2.45) is 0 Å². The van der Waals surface area contributed by atoms with Gasteiger partial charge in [-0.15, -0.1) is 0 Å². The molecule has 1 aliphatic heterocycles. The standard InChI is InChI=1S/C20H20Cl3NO3/c21-15-5-7-17(8-6-15)27-13-20(25)24(12-18-2-1-9-26-18)11-14-3-4-16(22)10-19(14)23/h3-8,10,18H,1-2,9,11-13H2/t18-/m1/s1. The molecule has 0 aromatic heterocycles. The van der Waals surface area contributed by atoms with Gasteiger partial charge in [0.1, 0.15) is 5.75 Å². The number of hydrogen-bond acceptors (Lipinski definition) is 3. The zero-order valence-electron chi connectivity index (χ0n) is 14.7. The van der Waals surface area contributed by atoms with Crippen LogP contribution in [0.3, 0.4) is 0 Å². The van der Waals surface area contributed by atoms with Crippen LogP contribution in [0.15, 0.2) is 42.5 Å². The molecule has 0 saturated carbocycles. The van der Waals surface area contributed by atoms with E-state index in [4.69, 9.17) is 44.3 Å². The zero-order chi connectivity index (χ0) is 19.2. The summed E-state index contributed by atoms with van der Waals surface area (Å²) in [5, 5.41) is 1.71. The average Bonchev–Trinajstić information content (AvgIpc) is 3.15. The van der Waals surface area contributed by atoms with Crippen molar-refractivity contribution in [2.45, 2.75) is 25.5 Å². The Morgan fingerprint density at radius 3 is 2.52 bits per heavy atom. The van der Waals surface area contributed by atoms with E-state index < -0.39 is 0 Å². The van der Waals surface area contributed by atoms with E-state index in [0.717, 1.165) is 25.0 Å². The highest BCUT2D eigenvalue weighted by Crippen LogP contribution is 2.24. The minimum absolute atomic E-state index is 0.0376. The van der Waals surface area contributed by atoms with Gasteiger partial charge in [-0.1, -0.05) is 40.9 Å². The summed E-state index contributed by atoms with van der Waals surface area (Å²) in [6.07, 6.45) is 1.99. The molecule has 0 aliphatic carbocycles. The highest BCUT2D eigenvalue weighted by molar-refractivity contribution is 6.35. The van der Waals surface area contributed by atoms with Gasteiger partial charge in [-0.3, -0.25) is 4.79 Å². The van der Waals surface area contributed by atoms with Crippen molar-refractivity contribution in [2.75, 3.05) is 19.8 Å². The van der Waals surface area contributed by atoms with Crippen molar-refractivity contribution < 1.29 is 14.3 Å². The van der Waals surface area contributed by atoms with Crippen LogP contribution < -0.4 is 4.74 Å². The molecule has 27 heavy (non-hydrogen) atoms. The molecule has 0 unspecified atom stereocenters. The van der Waals surface area contributed by atoms with Crippen LogP contribution >= 0.6 is 34.8 Å². The highest BCUT2D eigenvalue weighted by atomic mass is 35.5. The molecule has 2 aromatic rings. The molecule has 0 bridgehead atoms. The molecule has 1 saturated heterocycles. The number of ether oxygens (including phenoxy) is 2. The summed E-state index contributed by atoms with van der Waals surface area (Å²) in [5.41, 5.74) is 0.832. The Balaban J connectivity index is 1.67. The molecule has 4 nitrogen and oxygen atoms in total. The van der Waals surface area contributed by atoms with E-state index in [0.29, 0.717) is 33.9 Å². The number of hydrogen-bond donors (Lipinski definition) is 0. The van der Waals surface area contributed by atoms with Crippen molar-refractivity contribution in [1.82, 2.24) is 4.90 Å². The number of halogens is 3. The molecule has 0 N–H and O–H groups in total. The predicted octanol–water partition coefficient (Wildman–Crippen LogP) is 5.23. The molecule has 2 aromatic carbocycles. The monoisotopic (exact) mass is 427 g/mol. The van der Waals surface area contributed by atoms with Crippen LogP contribution in [0.2, 0.25) is 15.1 Å². The van der Waals surface area contributed by atoms with Crippen LogP contribution in [0.5, 0.6) is 5.75 Å². The van der Waals surface area contributed by atoms with E-state index in [2.05, 4.69) is 0 Å². The molecule has 144 valence electrons. The third-order valence-corrected chi connectivity index (χ3v) is 5.19. The van der Waals surface area contributed by atoms with Gasteiger partial charge in [0.15, 0.2) is 6.61 Å². The van der Waals surface area contributed by atoms with E-state index >= 15 is 0 Å². The minimum Gasteiger partial charge on any atom is -0.484 e. The summed E-state index contributed by atoms with van der Waals surface area (Å²) < 4.78 is 11.3. The number of carbonyl (C=O) groups is 1. The van der Waals surface area contributed by atoms with Crippen molar-refractivity contribution >= 4 is 40.7 Å². The number of nitrogens with zero attached hydrogens (tertiary/aromatic N) is 1. The van der Waals surface area contributed by atoms with Crippen molar-refractivity contribution in [3.8, 4) is 5.75 Å². The molecule has 1 amide bonds. The lowest BCUT2D eigenvalue weighted by Crippen LogP contribution is -2.39. The molecule has 1 fully saturated rings. The fraction of sp³-hybridized carbons (Fsp3) is 0.350. The molecule has 0 radical (unpaired) electrons. The van der Waals surface area contributed by atoms with E-state index in [1.54, 1.807) is 41.3 Å². The number of rotatable bonds is 7. The summed E-state index contributed by atoms with van der Waals surface area (Å²) in [6, 6.07) is 12.2. The number of carbonyl (C=O) groups excluding carboxylic acids is 1. The fourth-order valence-electron chi connectivity index (χ4n) is 2.91. The van der Waals surface area contributed by atoms with Gasteiger partial charge in [0.05, 0.1) is 6.10 Å². The highest BCUT2D eigenvalue weighted by Gasteiger charge is 2.23. The second-order valence-corrected chi connectivity index (χ2v) is 7.67. The van der Waals surface area contributed by atoms with E-state index in [1.807, 2.05) is 6.07 Å². The summed E-state index contributed by atoms with van der Waals surface area (Å²) in [6.45, 7) is 1.54. The maximum atomic E-state index is 12.8. The van der Waals surface area contributed by atoms with Gasteiger partial charge in [-0.2, -0.15) is 0 Å². The van der Waals surface area contributed by atoms with Crippen LogP contribution in [0.4, 0.5) is 0 Å². The summed E-state index contributed by atoms with van der Waals surface area (Å²) >= 11 is 18.1. The van der Waals surface area contributed by atoms with Crippen molar-refractivity contribution in [1.29, 1.82) is 0 Å². The van der Waals surface area contributed by atoms with Crippen LogP contribution in [0.1, 0.15) is 18.4 Å². The van der Waals surface area contributed by atoms with Crippen molar-refractivity contribution in [3.63, 3.8) is 0 Å². The topological polar surface area (TPSA) is 38.8 Å². The lowest BCUT2D eigenvalue weighted by atomic mass is 10.1. The van der Waals surface area contributed by atoms with Gasteiger partial charge in [-0.05, 0) is 54.8 Å². The summed E-state index contributed by atoms with van der Waals surface area (Å²) in [5.74, 6) is 0.459. The third kappa shape index (κ3) is 6.01. The smallest absolute Gasteiger partial charge is 0.260 e. The first-order valence-corrected chi connectivity index (χ1v) is 9.86. The van der Waals surface area contributed by atoms with Gasteiger partial charge in [0.25, 0.3) is 5.91 Å². The second-order valence-electron chi connectivity index (χ2n) is 6.39. The second kappa shape index (κ2) is 9.65. The van der Waals surface area contributed by atoms with Crippen molar-refractivity contribution in [3.05, 3.63) is 63.1 Å². The van der Waals surface area contributed by atoms with Gasteiger partial charge in [-0.25, -0.2) is 0 Å². The Bertz CT molecular complexity index is 777. The first kappa shape index (κ1) is 20.3. The maximum absolute atomic E-state index is 12.8. The Hall–Kier alpha value is -1.46. The van der Waals surface area contributed by atoms with Crippen LogP contribution in [-0.2, 0) is 16.1 Å². The normalized spacial score (nSPS) is 16.3. The lowest BCUT2D eigenvalue weighted by Gasteiger charge is -2.26. The first-order chi connectivity index (χ1) is 13.0. The van der Waals surface area contributed by atoms with Crippen LogP contribution in [-0.4, -0.2) is 36.7 Å². The summed E-state index contributed by atoms with van der Waals surface area (Å²) in [4.78, 5) is 14.5. The average molecular weight is 429 g/mol. The minimum atomic E-state index is -0.133. The van der Waals surface area contributed by atoms with E-state index in [1.165, 1.54) is 0 Å². The molecular formula is C20H20Cl3NO3. The Labute approximate surface area is 173 Å². The molecule has 3 rings (SSSR count). The van der Waals surface area contributed by atoms with E-state index in [9.17, 15) is 4.79 Å².